The van der Waals surface area contributed by atoms with Crippen LogP contribution in [0.25, 0.3) is 0 Å². The first-order valence-electron chi connectivity index (χ1n) is 5.69. The minimum absolute atomic E-state index is 0.591. The van der Waals surface area contributed by atoms with Crippen molar-refractivity contribution >= 4 is 22.0 Å². The Morgan fingerprint density at radius 3 is 2.75 bits per heavy atom. The zero-order valence-electron chi connectivity index (χ0n) is 9.71. The molecule has 0 aromatic carbocycles. The van der Waals surface area contributed by atoms with Crippen LogP contribution in [0.2, 0.25) is 0 Å². The smallest absolute Gasteiger partial charge is 0.130 e. The molecule has 1 aliphatic rings. The van der Waals surface area contributed by atoms with Crippen LogP contribution in [0.5, 0.6) is 0 Å². The molecule has 0 saturated heterocycles. The lowest BCUT2D eigenvalue weighted by Gasteiger charge is -2.09. The van der Waals surface area contributed by atoms with E-state index in [4.69, 9.17) is 11.0 Å². The fourth-order valence-corrected chi connectivity index (χ4v) is 2.76. The second-order valence-corrected chi connectivity index (χ2v) is 5.77. The van der Waals surface area contributed by atoms with Crippen molar-refractivity contribution in [2.45, 2.75) is 32.6 Å². The summed E-state index contributed by atoms with van der Waals surface area (Å²) in [4.78, 5) is 0.660. The summed E-state index contributed by atoms with van der Waals surface area (Å²) in [5.74, 6) is 1.19. The lowest BCUT2D eigenvalue weighted by Crippen LogP contribution is -2.08. The van der Waals surface area contributed by atoms with E-state index in [1.165, 1.54) is 29.7 Å². The van der Waals surface area contributed by atoms with E-state index in [-0.39, 0.29) is 0 Å². The van der Waals surface area contributed by atoms with Gasteiger partial charge < -0.3 is 11.1 Å². The number of nitrogen functional groups attached to an aromatic ring is 1. The number of nitrogens with two attached hydrogens (primary N) is 1. The minimum atomic E-state index is 0.591. The van der Waals surface area contributed by atoms with Crippen LogP contribution in [0.1, 0.15) is 43.0 Å². The average molecular weight is 235 g/mol. The maximum absolute atomic E-state index is 8.99. The Morgan fingerprint density at radius 2 is 2.25 bits per heavy atom. The standard InChI is InChI=1S/C12H17N3S/c1-7(2)6-15-12-10(8-3-4-8)11(14)9(5-13)16-12/h7-8,15H,3-4,6,14H2,1-2H3. The fraction of sp³-hybridized carbons (Fsp3) is 0.583. The first-order valence-corrected chi connectivity index (χ1v) is 6.51. The third-order valence-electron chi connectivity index (χ3n) is 2.74. The normalized spacial score (nSPS) is 15.1. The van der Waals surface area contributed by atoms with Gasteiger partial charge in [0, 0.05) is 12.1 Å². The molecule has 1 heterocycles. The van der Waals surface area contributed by atoms with Gasteiger partial charge in [0.25, 0.3) is 0 Å². The largest absolute Gasteiger partial charge is 0.397 e. The Hall–Kier alpha value is -1.21. The van der Waals surface area contributed by atoms with Crippen molar-refractivity contribution in [3.63, 3.8) is 0 Å². The highest BCUT2D eigenvalue weighted by atomic mass is 32.1. The Balaban J connectivity index is 2.25. The van der Waals surface area contributed by atoms with Crippen molar-refractivity contribution in [1.29, 1.82) is 5.26 Å². The molecule has 1 aromatic heterocycles. The van der Waals surface area contributed by atoms with E-state index in [2.05, 4.69) is 25.2 Å². The predicted octanol–water partition coefficient (Wildman–Crippen LogP) is 3.15. The van der Waals surface area contributed by atoms with Gasteiger partial charge in [-0.05, 0) is 24.7 Å². The van der Waals surface area contributed by atoms with Gasteiger partial charge in [-0.2, -0.15) is 5.26 Å². The van der Waals surface area contributed by atoms with Gasteiger partial charge in [0.2, 0.25) is 0 Å². The molecule has 2 rings (SSSR count). The highest BCUT2D eigenvalue weighted by Gasteiger charge is 2.31. The molecular formula is C12H17N3S. The number of nitrogens with zero attached hydrogens (tertiary/aromatic N) is 1. The molecule has 0 radical (unpaired) electrons. The van der Waals surface area contributed by atoms with Gasteiger partial charge in [-0.25, -0.2) is 0 Å². The lowest BCUT2D eigenvalue weighted by molar-refractivity contribution is 0.689. The molecule has 1 fully saturated rings. The maximum atomic E-state index is 8.99. The van der Waals surface area contributed by atoms with Crippen LogP contribution in [0.15, 0.2) is 0 Å². The molecule has 4 heteroatoms. The highest BCUT2D eigenvalue weighted by Crippen LogP contribution is 2.50. The van der Waals surface area contributed by atoms with Crippen LogP contribution in [0.3, 0.4) is 0 Å². The molecule has 1 saturated carbocycles. The molecule has 0 amide bonds. The minimum Gasteiger partial charge on any atom is -0.397 e. The molecule has 0 bridgehead atoms. The van der Waals surface area contributed by atoms with Gasteiger partial charge in [-0.15, -0.1) is 11.3 Å². The van der Waals surface area contributed by atoms with Crippen LogP contribution in [-0.4, -0.2) is 6.54 Å². The molecule has 1 aromatic rings. The molecular weight excluding hydrogens is 218 g/mol. The quantitative estimate of drug-likeness (QED) is 0.842. The number of anilines is 2. The number of hydrogen-bond donors (Lipinski definition) is 2. The Morgan fingerprint density at radius 1 is 1.56 bits per heavy atom. The molecule has 0 spiro atoms. The van der Waals surface area contributed by atoms with Crippen molar-refractivity contribution in [1.82, 2.24) is 0 Å². The molecule has 1 aliphatic carbocycles. The van der Waals surface area contributed by atoms with Crippen molar-refractivity contribution in [3.05, 3.63) is 10.4 Å². The van der Waals surface area contributed by atoms with Gasteiger partial charge in [0.05, 0.1) is 10.7 Å². The summed E-state index contributed by atoms with van der Waals surface area (Å²) in [7, 11) is 0. The van der Waals surface area contributed by atoms with Crippen molar-refractivity contribution < 1.29 is 0 Å². The molecule has 16 heavy (non-hydrogen) atoms. The van der Waals surface area contributed by atoms with E-state index in [1.807, 2.05) is 0 Å². The summed E-state index contributed by atoms with van der Waals surface area (Å²) in [6.45, 7) is 5.28. The number of thiophene rings is 1. The van der Waals surface area contributed by atoms with Crippen molar-refractivity contribution in [2.75, 3.05) is 17.6 Å². The van der Waals surface area contributed by atoms with Gasteiger partial charge in [0.15, 0.2) is 0 Å². The van der Waals surface area contributed by atoms with E-state index < -0.39 is 0 Å². The number of nitrogens with one attached hydrogen (secondary N) is 1. The van der Waals surface area contributed by atoms with Crippen LogP contribution < -0.4 is 11.1 Å². The Labute approximate surface area is 100 Å². The molecule has 86 valence electrons. The first-order chi connectivity index (χ1) is 7.63. The number of hydrogen-bond acceptors (Lipinski definition) is 4. The van der Waals surface area contributed by atoms with Gasteiger partial charge in [-0.3, -0.25) is 0 Å². The maximum Gasteiger partial charge on any atom is 0.130 e. The van der Waals surface area contributed by atoms with Crippen LogP contribution >= 0.6 is 11.3 Å². The number of rotatable bonds is 4. The summed E-state index contributed by atoms with van der Waals surface area (Å²) in [5, 5.41) is 13.5. The van der Waals surface area contributed by atoms with E-state index in [9.17, 15) is 0 Å². The Bertz CT molecular complexity index is 424. The van der Waals surface area contributed by atoms with E-state index in [1.54, 1.807) is 0 Å². The van der Waals surface area contributed by atoms with E-state index >= 15 is 0 Å². The molecule has 0 aliphatic heterocycles. The second-order valence-electron chi connectivity index (χ2n) is 4.75. The van der Waals surface area contributed by atoms with E-state index in [0.717, 1.165) is 11.5 Å². The first kappa shape index (κ1) is 11.3. The summed E-state index contributed by atoms with van der Waals surface area (Å²) >= 11 is 1.50. The van der Waals surface area contributed by atoms with Crippen molar-refractivity contribution in [3.8, 4) is 6.07 Å². The third kappa shape index (κ3) is 2.14. The van der Waals surface area contributed by atoms with Crippen LogP contribution in [-0.2, 0) is 0 Å². The Kier molecular flexibility index (Phi) is 3.06. The lowest BCUT2D eigenvalue weighted by atomic mass is 10.1. The zero-order valence-corrected chi connectivity index (χ0v) is 10.5. The topological polar surface area (TPSA) is 61.8 Å². The molecule has 3 N–H and O–H groups in total. The summed E-state index contributed by atoms with van der Waals surface area (Å²) in [5.41, 5.74) is 7.92. The van der Waals surface area contributed by atoms with Crippen molar-refractivity contribution in [2.24, 2.45) is 5.92 Å². The molecule has 3 nitrogen and oxygen atoms in total. The second kappa shape index (κ2) is 4.34. The van der Waals surface area contributed by atoms with Gasteiger partial charge in [0.1, 0.15) is 10.9 Å². The fourth-order valence-electron chi connectivity index (χ4n) is 1.75. The average Bonchev–Trinajstić information content (AvgIpc) is 3.01. The highest BCUT2D eigenvalue weighted by molar-refractivity contribution is 7.17. The molecule has 0 atom stereocenters. The van der Waals surface area contributed by atoms with Crippen LogP contribution in [0.4, 0.5) is 10.7 Å². The van der Waals surface area contributed by atoms with Gasteiger partial charge >= 0.3 is 0 Å². The van der Waals surface area contributed by atoms with E-state index in [0.29, 0.717) is 22.4 Å². The third-order valence-corrected chi connectivity index (χ3v) is 3.83. The SMILES string of the molecule is CC(C)CNc1sc(C#N)c(N)c1C1CC1. The summed E-state index contributed by atoms with van der Waals surface area (Å²) in [6.07, 6.45) is 2.42. The molecule has 0 unspecified atom stereocenters. The monoisotopic (exact) mass is 235 g/mol. The predicted molar refractivity (Wildman–Crippen MR) is 68.7 cm³/mol. The van der Waals surface area contributed by atoms with Crippen LogP contribution in [0, 0.1) is 17.2 Å². The summed E-state index contributed by atoms with van der Waals surface area (Å²) < 4.78 is 0. The summed E-state index contributed by atoms with van der Waals surface area (Å²) in [6, 6.07) is 2.18. The number of nitriles is 1. The zero-order chi connectivity index (χ0) is 11.7. The van der Waals surface area contributed by atoms with Gasteiger partial charge in [-0.1, -0.05) is 13.8 Å².